The van der Waals surface area contributed by atoms with E-state index >= 15 is 0 Å². The Hall–Kier alpha value is -1.16. The number of Topliss-reactive ketones (excluding diaryl/α,β-unsaturated/α-hetero) is 1. The lowest BCUT2D eigenvalue weighted by molar-refractivity contribution is -0.137. The molecule has 144 valence electrons. The number of ketones is 1. The second-order valence-corrected chi connectivity index (χ2v) is 7.64. The van der Waals surface area contributed by atoms with E-state index in [2.05, 4.69) is 26.0 Å². The molecule has 0 bridgehead atoms. The van der Waals surface area contributed by atoms with Crippen molar-refractivity contribution in [1.82, 2.24) is 0 Å². The second kappa shape index (κ2) is 12.2. The zero-order valence-electron chi connectivity index (χ0n) is 16.0. The van der Waals surface area contributed by atoms with Crippen molar-refractivity contribution in [3.05, 3.63) is 12.2 Å². The highest BCUT2D eigenvalue weighted by Gasteiger charge is 2.39. The molecule has 25 heavy (non-hydrogen) atoms. The quantitative estimate of drug-likeness (QED) is 0.370. The Morgan fingerprint density at radius 1 is 1.24 bits per heavy atom. The molecule has 0 amide bonds. The van der Waals surface area contributed by atoms with Crippen LogP contribution in [0.3, 0.4) is 0 Å². The normalized spacial score (nSPS) is 24.9. The van der Waals surface area contributed by atoms with Gasteiger partial charge in [-0.25, -0.2) is 0 Å². The van der Waals surface area contributed by atoms with E-state index in [0.29, 0.717) is 18.8 Å². The van der Waals surface area contributed by atoms with Crippen molar-refractivity contribution < 1.29 is 19.8 Å². The van der Waals surface area contributed by atoms with Gasteiger partial charge in [0.25, 0.3) is 0 Å². The van der Waals surface area contributed by atoms with Crippen molar-refractivity contribution in [2.24, 2.45) is 17.8 Å². The maximum Gasteiger partial charge on any atom is 0.303 e. The molecule has 1 saturated carbocycles. The van der Waals surface area contributed by atoms with Crippen LogP contribution in [0.1, 0.15) is 84.5 Å². The highest BCUT2D eigenvalue weighted by Crippen LogP contribution is 2.36. The Balaban J connectivity index is 2.36. The van der Waals surface area contributed by atoms with E-state index in [0.717, 1.165) is 32.1 Å². The number of aliphatic hydroxyl groups is 1. The molecule has 0 spiro atoms. The minimum atomic E-state index is -0.742. The van der Waals surface area contributed by atoms with Crippen LogP contribution < -0.4 is 0 Å². The molecule has 1 aliphatic carbocycles. The van der Waals surface area contributed by atoms with Crippen LogP contribution in [-0.4, -0.2) is 28.1 Å². The van der Waals surface area contributed by atoms with Gasteiger partial charge in [-0.3, -0.25) is 9.59 Å². The van der Waals surface area contributed by atoms with Crippen LogP contribution in [-0.2, 0) is 9.59 Å². The van der Waals surface area contributed by atoms with Gasteiger partial charge >= 0.3 is 5.97 Å². The molecule has 0 heterocycles. The van der Waals surface area contributed by atoms with E-state index in [-0.39, 0.29) is 24.0 Å². The van der Waals surface area contributed by atoms with Crippen LogP contribution in [0, 0.1) is 17.8 Å². The van der Waals surface area contributed by atoms with Gasteiger partial charge in [0.2, 0.25) is 0 Å². The first-order chi connectivity index (χ1) is 12.0. The molecule has 0 aromatic rings. The van der Waals surface area contributed by atoms with Crippen molar-refractivity contribution in [1.29, 1.82) is 0 Å². The highest BCUT2D eigenvalue weighted by atomic mass is 16.4. The smallest absolute Gasteiger partial charge is 0.303 e. The van der Waals surface area contributed by atoms with E-state index in [4.69, 9.17) is 5.11 Å². The van der Waals surface area contributed by atoms with E-state index in [1.54, 1.807) is 0 Å². The first kappa shape index (κ1) is 21.9. The largest absolute Gasteiger partial charge is 0.481 e. The van der Waals surface area contributed by atoms with Crippen LogP contribution in [0.15, 0.2) is 12.2 Å². The molecule has 0 aromatic heterocycles. The third-order valence-electron chi connectivity index (χ3n) is 5.38. The summed E-state index contributed by atoms with van der Waals surface area (Å²) < 4.78 is 0. The number of carbonyl (C=O) groups excluding carboxylic acids is 1. The summed E-state index contributed by atoms with van der Waals surface area (Å²) in [6.45, 7) is 4.42. The predicted octanol–water partition coefficient (Wildman–Crippen LogP) is 4.75. The average Bonchev–Trinajstić information content (AvgIpc) is 2.82. The van der Waals surface area contributed by atoms with Crippen molar-refractivity contribution in [3.63, 3.8) is 0 Å². The topological polar surface area (TPSA) is 74.6 Å². The lowest BCUT2D eigenvalue weighted by Gasteiger charge is -2.19. The third kappa shape index (κ3) is 8.66. The molecule has 2 N–H and O–H groups in total. The van der Waals surface area contributed by atoms with Crippen LogP contribution in [0.2, 0.25) is 0 Å². The lowest BCUT2D eigenvalue weighted by atomic mass is 9.86. The number of carboxylic acid groups (broad SMARTS) is 1. The first-order valence-electron chi connectivity index (χ1n) is 10.0. The Kier molecular flexibility index (Phi) is 10.7. The van der Waals surface area contributed by atoms with Gasteiger partial charge in [-0.1, -0.05) is 58.1 Å². The van der Waals surface area contributed by atoms with E-state index in [1.165, 1.54) is 19.3 Å². The molecular weight excluding hydrogens is 316 g/mol. The molecule has 0 radical (unpaired) electrons. The average molecular weight is 353 g/mol. The third-order valence-corrected chi connectivity index (χ3v) is 5.38. The Morgan fingerprint density at radius 2 is 1.96 bits per heavy atom. The summed E-state index contributed by atoms with van der Waals surface area (Å²) in [5.74, 6) is 0.0534. The van der Waals surface area contributed by atoms with Gasteiger partial charge in [0.15, 0.2) is 0 Å². The summed E-state index contributed by atoms with van der Waals surface area (Å²) in [5, 5.41) is 18.8. The van der Waals surface area contributed by atoms with Gasteiger partial charge < -0.3 is 10.2 Å². The Labute approximate surface area is 152 Å². The molecule has 1 unspecified atom stereocenters. The molecule has 0 saturated heterocycles. The van der Waals surface area contributed by atoms with E-state index in [1.807, 2.05) is 0 Å². The van der Waals surface area contributed by atoms with Gasteiger partial charge in [-0.05, 0) is 37.5 Å². The molecule has 4 atom stereocenters. The summed E-state index contributed by atoms with van der Waals surface area (Å²) in [7, 11) is 0. The first-order valence-corrected chi connectivity index (χ1v) is 10.0. The number of hydrogen-bond acceptors (Lipinski definition) is 3. The molecule has 0 aliphatic heterocycles. The fourth-order valence-corrected chi connectivity index (χ4v) is 3.80. The number of carboxylic acids is 1. The summed E-state index contributed by atoms with van der Waals surface area (Å²) in [6.07, 6.45) is 13.2. The lowest BCUT2D eigenvalue weighted by Crippen LogP contribution is -2.20. The van der Waals surface area contributed by atoms with Crippen LogP contribution in [0.25, 0.3) is 0 Å². The molecule has 4 heteroatoms. The Morgan fingerprint density at radius 3 is 2.64 bits per heavy atom. The van der Waals surface area contributed by atoms with E-state index < -0.39 is 12.1 Å². The van der Waals surface area contributed by atoms with Gasteiger partial charge in [0.05, 0.1) is 6.10 Å². The number of aliphatic carboxylic acids is 1. The summed E-state index contributed by atoms with van der Waals surface area (Å²) in [6, 6.07) is 0. The summed E-state index contributed by atoms with van der Waals surface area (Å²) in [5.41, 5.74) is 0. The number of rotatable bonds is 13. The standard InChI is InChI=1S/C21H36O4/c1-3-4-10-16(2)11-9-13-18-17(19(22)15-20(18)23)12-7-5-6-8-14-21(24)25/h9,11,16-18,20,23H,3-8,10,12-15H2,1-2H3,(H,24,25)/t16?,17-,18-,20-/m1/s1. The number of allylic oxidation sites excluding steroid dienone is 2. The Bertz CT molecular complexity index is 430. The maximum absolute atomic E-state index is 12.2. The van der Waals surface area contributed by atoms with Crippen LogP contribution >= 0.6 is 0 Å². The fourth-order valence-electron chi connectivity index (χ4n) is 3.80. The summed E-state index contributed by atoms with van der Waals surface area (Å²) in [4.78, 5) is 22.7. The zero-order valence-corrected chi connectivity index (χ0v) is 16.0. The van der Waals surface area contributed by atoms with Crippen molar-refractivity contribution in [2.45, 2.75) is 90.6 Å². The number of carbonyl (C=O) groups is 2. The SMILES string of the molecule is CCCCC(C)C=CC[C@H]1[C@H](O)CC(=O)[C@@H]1CCCCCCC(=O)O. The zero-order chi connectivity index (χ0) is 18.7. The predicted molar refractivity (Wildman–Crippen MR) is 100 cm³/mol. The van der Waals surface area contributed by atoms with Crippen molar-refractivity contribution >= 4 is 11.8 Å². The maximum atomic E-state index is 12.2. The number of aliphatic hydroxyl groups excluding tert-OH is 1. The van der Waals surface area contributed by atoms with E-state index in [9.17, 15) is 14.7 Å². The molecule has 1 fully saturated rings. The summed E-state index contributed by atoms with van der Waals surface area (Å²) >= 11 is 0. The molecule has 1 aliphatic rings. The monoisotopic (exact) mass is 352 g/mol. The van der Waals surface area contributed by atoms with Gasteiger partial charge in [0, 0.05) is 18.8 Å². The number of hydrogen-bond donors (Lipinski definition) is 2. The minimum absolute atomic E-state index is 0.0231. The molecule has 0 aromatic carbocycles. The van der Waals surface area contributed by atoms with Gasteiger partial charge in [-0.15, -0.1) is 0 Å². The number of unbranched alkanes of at least 4 members (excludes halogenated alkanes) is 4. The van der Waals surface area contributed by atoms with Crippen LogP contribution in [0.5, 0.6) is 0 Å². The molecule has 1 rings (SSSR count). The second-order valence-electron chi connectivity index (χ2n) is 7.64. The fraction of sp³-hybridized carbons (Fsp3) is 0.810. The van der Waals surface area contributed by atoms with Crippen molar-refractivity contribution in [2.75, 3.05) is 0 Å². The van der Waals surface area contributed by atoms with Gasteiger partial charge in [-0.2, -0.15) is 0 Å². The van der Waals surface area contributed by atoms with Gasteiger partial charge in [0.1, 0.15) is 5.78 Å². The highest BCUT2D eigenvalue weighted by molar-refractivity contribution is 5.84. The molecule has 4 nitrogen and oxygen atoms in total. The van der Waals surface area contributed by atoms with Crippen LogP contribution in [0.4, 0.5) is 0 Å². The minimum Gasteiger partial charge on any atom is -0.481 e. The van der Waals surface area contributed by atoms with Crippen molar-refractivity contribution in [3.8, 4) is 0 Å². The molecular formula is C21H36O4.